The fourth-order valence-electron chi connectivity index (χ4n) is 2.09. The number of aromatic nitrogens is 4. The molecule has 3 aromatic rings. The molecule has 0 bridgehead atoms. The summed E-state index contributed by atoms with van der Waals surface area (Å²) in [5.74, 6) is 0.523. The Morgan fingerprint density at radius 3 is 2.75 bits per heavy atom. The van der Waals surface area contributed by atoms with Crippen LogP contribution < -0.4 is 5.73 Å². The number of nitrogen functional groups attached to an aromatic ring is 1. The van der Waals surface area contributed by atoms with Gasteiger partial charge in [0, 0.05) is 30.7 Å². The van der Waals surface area contributed by atoms with Gasteiger partial charge in [-0.05, 0) is 30.2 Å². The lowest BCUT2D eigenvalue weighted by atomic mass is 10.2. The summed E-state index contributed by atoms with van der Waals surface area (Å²) in [7, 11) is 0. The molecule has 5 heteroatoms. The highest BCUT2D eigenvalue weighted by atomic mass is 15.0. The van der Waals surface area contributed by atoms with Crippen LogP contribution in [0.3, 0.4) is 0 Å². The van der Waals surface area contributed by atoms with E-state index in [1.165, 1.54) is 5.56 Å². The van der Waals surface area contributed by atoms with E-state index in [4.69, 9.17) is 5.73 Å². The summed E-state index contributed by atoms with van der Waals surface area (Å²) in [5.41, 5.74) is 8.88. The minimum atomic E-state index is 0.523. The number of nitrogens with two attached hydrogens (primary N) is 1. The summed E-state index contributed by atoms with van der Waals surface area (Å²) >= 11 is 0. The van der Waals surface area contributed by atoms with E-state index in [0.29, 0.717) is 5.82 Å². The van der Waals surface area contributed by atoms with Gasteiger partial charge in [0.05, 0.1) is 18.2 Å². The molecular weight excluding hydrogens is 250 g/mol. The first kappa shape index (κ1) is 12.3. The summed E-state index contributed by atoms with van der Waals surface area (Å²) in [6.07, 6.45) is 10.0. The van der Waals surface area contributed by atoms with Gasteiger partial charge in [-0.1, -0.05) is 6.07 Å². The Bertz CT molecular complexity index is 673. The zero-order valence-electron chi connectivity index (χ0n) is 11.0. The van der Waals surface area contributed by atoms with Crippen molar-refractivity contribution in [1.82, 2.24) is 19.5 Å². The van der Waals surface area contributed by atoms with Crippen molar-refractivity contribution < 1.29 is 0 Å². The van der Waals surface area contributed by atoms with E-state index in [9.17, 15) is 0 Å². The van der Waals surface area contributed by atoms with Gasteiger partial charge in [-0.25, -0.2) is 9.97 Å². The van der Waals surface area contributed by atoms with Gasteiger partial charge in [0.25, 0.3) is 0 Å². The van der Waals surface area contributed by atoms with Crippen LogP contribution in [0.1, 0.15) is 5.56 Å². The van der Waals surface area contributed by atoms with Crippen LogP contribution in [0.15, 0.2) is 55.4 Å². The Labute approximate surface area is 117 Å². The molecule has 100 valence electrons. The quantitative estimate of drug-likeness (QED) is 0.784. The number of nitrogens with zero attached hydrogens (tertiary/aromatic N) is 4. The predicted octanol–water partition coefficient (Wildman–Crippen LogP) is 2.17. The Kier molecular flexibility index (Phi) is 3.41. The number of anilines is 1. The minimum Gasteiger partial charge on any atom is -0.384 e. The molecule has 0 unspecified atom stereocenters. The molecule has 0 radical (unpaired) electrons. The van der Waals surface area contributed by atoms with Crippen LogP contribution in [0.5, 0.6) is 0 Å². The summed E-state index contributed by atoms with van der Waals surface area (Å²) in [5, 5.41) is 0. The molecule has 2 N–H and O–H groups in total. The van der Waals surface area contributed by atoms with E-state index < -0.39 is 0 Å². The molecule has 3 heterocycles. The van der Waals surface area contributed by atoms with E-state index in [1.54, 1.807) is 18.5 Å². The van der Waals surface area contributed by atoms with Crippen molar-refractivity contribution in [2.45, 2.75) is 13.0 Å². The molecule has 3 aromatic heterocycles. The average molecular weight is 265 g/mol. The Balaban J connectivity index is 1.78. The zero-order chi connectivity index (χ0) is 13.8. The Hall–Kier alpha value is -2.69. The second kappa shape index (κ2) is 5.52. The van der Waals surface area contributed by atoms with Gasteiger partial charge in [0.1, 0.15) is 5.82 Å². The van der Waals surface area contributed by atoms with Crippen molar-refractivity contribution in [3.05, 3.63) is 60.9 Å². The fourth-order valence-corrected chi connectivity index (χ4v) is 2.09. The largest absolute Gasteiger partial charge is 0.384 e. The highest BCUT2D eigenvalue weighted by molar-refractivity contribution is 5.59. The number of imidazole rings is 1. The molecule has 5 nitrogen and oxygen atoms in total. The van der Waals surface area contributed by atoms with Crippen molar-refractivity contribution in [1.29, 1.82) is 0 Å². The maximum Gasteiger partial charge on any atom is 0.123 e. The van der Waals surface area contributed by atoms with E-state index in [-0.39, 0.29) is 0 Å². The highest BCUT2D eigenvalue weighted by Gasteiger charge is 2.05. The van der Waals surface area contributed by atoms with Gasteiger partial charge in [-0.15, -0.1) is 0 Å². The van der Waals surface area contributed by atoms with E-state index in [2.05, 4.69) is 25.6 Å². The third-order valence-corrected chi connectivity index (χ3v) is 3.16. The zero-order valence-corrected chi connectivity index (χ0v) is 11.0. The first-order chi connectivity index (χ1) is 9.83. The van der Waals surface area contributed by atoms with Gasteiger partial charge in [0.15, 0.2) is 0 Å². The topological polar surface area (TPSA) is 69.6 Å². The van der Waals surface area contributed by atoms with E-state index in [0.717, 1.165) is 24.2 Å². The smallest absolute Gasteiger partial charge is 0.123 e. The fraction of sp³-hybridized carbons (Fsp3) is 0.133. The van der Waals surface area contributed by atoms with Crippen molar-refractivity contribution in [3.8, 4) is 11.3 Å². The van der Waals surface area contributed by atoms with Crippen LogP contribution in [-0.4, -0.2) is 19.5 Å². The molecule has 0 aliphatic rings. The van der Waals surface area contributed by atoms with E-state index >= 15 is 0 Å². The number of hydrogen-bond donors (Lipinski definition) is 1. The van der Waals surface area contributed by atoms with Crippen molar-refractivity contribution >= 4 is 5.82 Å². The molecule has 0 amide bonds. The van der Waals surface area contributed by atoms with Gasteiger partial charge in [-0.2, -0.15) is 0 Å². The van der Waals surface area contributed by atoms with Crippen LogP contribution in [-0.2, 0) is 13.0 Å². The molecule has 0 aliphatic heterocycles. The maximum absolute atomic E-state index is 5.61. The molecule has 0 spiro atoms. The summed E-state index contributed by atoms with van der Waals surface area (Å²) in [6, 6.07) is 7.79. The first-order valence-electron chi connectivity index (χ1n) is 6.44. The second-order valence-corrected chi connectivity index (χ2v) is 4.56. The monoisotopic (exact) mass is 265 g/mol. The first-order valence-corrected chi connectivity index (χ1v) is 6.44. The predicted molar refractivity (Wildman–Crippen MR) is 77.8 cm³/mol. The molecule has 0 saturated carbocycles. The van der Waals surface area contributed by atoms with Gasteiger partial charge >= 0.3 is 0 Å². The van der Waals surface area contributed by atoms with Gasteiger partial charge in [0.2, 0.25) is 0 Å². The number of pyridine rings is 2. The lowest BCUT2D eigenvalue weighted by Crippen LogP contribution is -2.02. The second-order valence-electron chi connectivity index (χ2n) is 4.56. The van der Waals surface area contributed by atoms with Crippen molar-refractivity contribution in [3.63, 3.8) is 0 Å². The number of rotatable bonds is 4. The van der Waals surface area contributed by atoms with Crippen LogP contribution in [0.4, 0.5) is 5.82 Å². The van der Waals surface area contributed by atoms with Crippen molar-refractivity contribution in [2.75, 3.05) is 5.73 Å². The van der Waals surface area contributed by atoms with Gasteiger partial charge in [-0.3, -0.25) is 4.98 Å². The molecule has 20 heavy (non-hydrogen) atoms. The molecular formula is C15H15N5. The summed E-state index contributed by atoms with van der Waals surface area (Å²) in [6.45, 7) is 0.853. The van der Waals surface area contributed by atoms with E-state index in [1.807, 2.05) is 30.9 Å². The Morgan fingerprint density at radius 2 is 2.00 bits per heavy atom. The normalized spacial score (nSPS) is 10.6. The molecule has 0 saturated heterocycles. The lowest BCUT2D eigenvalue weighted by molar-refractivity contribution is 0.700. The number of hydrogen-bond acceptors (Lipinski definition) is 4. The van der Waals surface area contributed by atoms with Crippen LogP contribution in [0.2, 0.25) is 0 Å². The third-order valence-electron chi connectivity index (χ3n) is 3.16. The molecule has 0 fully saturated rings. The third kappa shape index (κ3) is 2.66. The molecule has 3 rings (SSSR count). The van der Waals surface area contributed by atoms with Crippen molar-refractivity contribution in [2.24, 2.45) is 0 Å². The molecule has 0 atom stereocenters. The highest BCUT2D eigenvalue weighted by Crippen LogP contribution is 2.19. The minimum absolute atomic E-state index is 0.523. The average Bonchev–Trinajstić information content (AvgIpc) is 2.95. The standard InChI is InChI=1S/C15H15N5/c16-15-4-3-13(9-19-15)14-10-18-11-20(14)7-5-12-2-1-6-17-8-12/h1-4,6,8-11H,5,7H2,(H2,16,19). The SMILES string of the molecule is Nc1ccc(-c2cncn2CCc2cccnc2)cn1. The molecule has 0 aliphatic carbocycles. The summed E-state index contributed by atoms with van der Waals surface area (Å²) < 4.78 is 2.11. The van der Waals surface area contributed by atoms with Gasteiger partial charge < -0.3 is 10.3 Å². The maximum atomic E-state index is 5.61. The van der Waals surface area contributed by atoms with Crippen LogP contribution in [0, 0.1) is 0 Å². The van der Waals surface area contributed by atoms with Crippen LogP contribution in [0.25, 0.3) is 11.3 Å². The Morgan fingerprint density at radius 1 is 1.05 bits per heavy atom. The summed E-state index contributed by atoms with van der Waals surface area (Å²) in [4.78, 5) is 12.5. The van der Waals surface area contributed by atoms with Crippen LogP contribution >= 0.6 is 0 Å². The number of aryl methyl sites for hydroxylation is 2. The lowest BCUT2D eigenvalue weighted by Gasteiger charge is -2.08. The molecule has 0 aromatic carbocycles.